The second-order valence-corrected chi connectivity index (χ2v) is 4.89. The van der Waals surface area contributed by atoms with Crippen molar-refractivity contribution >= 4 is 17.4 Å². The Kier molecular flexibility index (Phi) is 3.35. The lowest BCUT2D eigenvalue weighted by Gasteiger charge is -2.07. The molecular weight excluding hydrogens is 296 g/mol. The number of nitrogens with zero attached hydrogens (tertiary/aromatic N) is 2. The SMILES string of the molecule is Nc1c(-c2ccc(Cl)cc2)cnn1-c1ccc(F)cc1F. The smallest absolute Gasteiger partial charge is 0.151 e. The minimum atomic E-state index is -0.729. The molecule has 0 saturated carbocycles. The highest BCUT2D eigenvalue weighted by molar-refractivity contribution is 6.30. The van der Waals surface area contributed by atoms with Gasteiger partial charge in [0.15, 0.2) is 5.82 Å². The van der Waals surface area contributed by atoms with E-state index in [1.165, 1.54) is 16.9 Å². The molecule has 6 heteroatoms. The molecule has 3 rings (SSSR count). The molecule has 0 radical (unpaired) electrons. The van der Waals surface area contributed by atoms with E-state index in [4.69, 9.17) is 17.3 Å². The van der Waals surface area contributed by atoms with E-state index in [9.17, 15) is 8.78 Å². The average molecular weight is 306 g/mol. The van der Waals surface area contributed by atoms with Gasteiger partial charge >= 0.3 is 0 Å². The second kappa shape index (κ2) is 5.18. The summed E-state index contributed by atoms with van der Waals surface area (Å²) in [6.07, 6.45) is 1.53. The molecule has 0 amide bonds. The number of nitrogens with two attached hydrogens (primary N) is 1. The highest BCUT2D eigenvalue weighted by Gasteiger charge is 2.14. The highest BCUT2D eigenvalue weighted by Crippen LogP contribution is 2.29. The quantitative estimate of drug-likeness (QED) is 0.776. The molecule has 1 aromatic heterocycles. The van der Waals surface area contributed by atoms with Gasteiger partial charge < -0.3 is 5.73 Å². The number of anilines is 1. The largest absolute Gasteiger partial charge is 0.383 e. The van der Waals surface area contributed by atoms with Crippen molar-refractivity contribution in [2.75, 3.05) is 5.73 Å². The van der Waals surface area contributed by atoms with E-state index in [0.717, 1.165) is 17.7 Å². The summed E-state index contributed by atoms with van der Waals surface area (Å²) >= 11 is 5.84. The molecule has 106 valence electrons. The summed E-state index contributed by atoms with van der Waals surface area (Å²) in [4.78, 5) is 0. The van der Waals surface area contributed by atoms with E-state index < -0.39 is 11.6 Å². The van der Waals surface area contributed by atoms with Crippen LogP contribution in [0.25, 0.3) is 16.8 Å². The van der Waals surface area contributed by atoms with Crippen LogP contribution in [0.3, 0.4) is 0 Å². The highest BCUT2D eigenvalue weighted by atomic mass is 35.5. The molecule has 0 saturated heterocycles. The minimum Gasteiger partial charge on any atom is -0.383 e. The molecule has 0 aliphatic rings. The van der Waals surface area contributed by atoms with E-state index in [1.807, 2.05) is 0 Å². The Balaban J connectivity index is 2.09. The summed E-state index contributed by atoms with van der Waals surface area (Å²) < 4.78 is 28.0. The zero-order valence-corrected chi connectivity index (χ0v) is 11.5. The monoisotopic (exact) mass is 305 g/mol. The Morgan fingerprint density at radius 1 is 1.05 bits per heavy atom. The number of nitrogen functional groups attached to an aromatic ring is 1. The fourth-order valence-electron chi connectivity index (χ4n) is 2.05. The van der Waals surface area contributed by atoms with Crippen LogP contribution in [0.15, 0.2) is 48.7 Å². The van der Waals surface area contributed by atoms with Crippen molar-refractivity contribution in [1.82, 2.24) is 9.78 Å². The Morgan fingerprint density at radius 2 is 1.76 bits per heavy atom. The van der Waals surface area contributed by atoms with Crippen LogP contribution in [-0.2, 0) is 0 Å². The molecular formula is C15H10ClF2N3. The number of halogens is 3. The van der Waals surface area contributed by atoms with Crippen LogP contribution in [0, 0.1) is 11.6 Å². The zero-order valence-electron chi connectivity index (χ0n) is 10.7. The number of benzene rings is 2. The molecule has 3 nitrogen and oxygen atoms in total. The van der Waals surface area contributed by atoms with E-state index in [2.05, 4.69) is 5.10 Å². The lowest BCUT2D eigenvalue weighted by molar-refractivity contribution is 0.574. The molecule has 0 aliphatic heterocycles. The maximum absolute atomic E-state index is 13.8. The summed E-state index contributed by atoms with van der Waals surface area (Å²) in [5.41, 5.74) is 7.57. The Labute approximate surface area is 124 Å². The molecule has 0 unspecified atom stereocenters. The summed E-state index contributed by atoms with van der Waals surface area (Å²) in [5, 5.41) is 4.68. The average Bonchev–Trinajstić information content (AvgIpc) is 2.82. The fourth-order valence-corrected chi connectivity index (χ4v) is 2.18. The first-order valence-electron chi connectivity index (χ1n) is 6.11. The molecule has 0 spiro atoms. The predicted octanol–water partition coefficient (Wildman–Crippen LogP) is 4.05. The van der Waals surface area contributed by atoms with Crippen LogP contribution >= 0.6 is 11.6 Å². The third-order valence-electron chi connectivity index (χ3n) is 3.10. The van der Waals surface area contributed by atoms with Crippen LogP contribution in [0.2, 0.25) is 5.02 Å². The lowest BCUT2D eigenvalue weighted by atomic mass is 10.1. The van der Waals surface area contributed by atoms with Gasteiger partial charge in [-0.15, -0.1) is 0 Å². The van der Waals surface area contributed by atoms with Crippen LogP contribution in [-0.4, -0.2) is 9.78 Å². The lowest BCUT2D eigenvalue weighted by Crippen LogP contribution is -2.04. The van der Waals surface area contributed by atoms with Crippen molar-refractivity contribution in [1.29, 1.82) is 0 Å². The summed E-state index contributed by atoms with van der Waals surface area (Å²) in [5.74, 6) is -1.12. The number of hydrogen-bond donors (Lipinski definition) is 1. The second-order valence-electron chi connectivity index (χ2n) is 4.46. The van der Waals surface area contributed by atoms with Gasteiger partial charge in [-0.3, -0.25) is 0 Å². The van der Waals surface area contributed by atoms with Crippen molar-refractivity contribution in [2.45, 2.75) is 0 Å². The topological polar surface area (TPSA) is 43.8 Å². The third kappa shape index (κ3) is 2.48. The molecule has 0 bridgehead atoms. The zero-order chi connectivity index (χ0) is 15.0. The van der Waals surface area contributed by atoms with Crippen molar-refractivity contribution in [3.63, 3.8) is 0 Å². The first-order chi connectivity index (χ1) is 10.1. The van der Waals surface area contributed by atoms with Crippen LogP contribution in [0.4, 0.5) is 14.6 Å². The van der Waals surface area contributed by atoms with E-state index in [1.54, 1.807) is 24.3 Å². The third-order valence-corrected chi connectivity index (χ3v) is 3.35. The van der Waals surface area contributed by atoms with Gasteiger partial charge in [-0.2, -0.15) is 5.10 Å². The Morgan fingerprint density at radius 3 is 2.43 bits per heavy atom. The number of rotatable bonds is 2. The molecule has 0 atom stereocenters. The maximum Gasteiger partial charge on any atom is 0.151 e. The fraction of sp³-hybridized carbons (Fsp3) is 0. The molecule has 0 aliphatic carbocycles. The van der Waals surface area contributed by atoms with Crippen molar-refractivity contribution in [3.05, 3.63) is 65.3 Å². The Hall–Kier alpha value is -2.40. The normalized spacial score (nSPS) is 10.8. The minimum absolute atomic E-state index is 0.0918. The van der Waals surface area contributed by atoms with Gasteiger partial charge in [0.2, 0.25) is 0 Å². The number of aromatic nitrogens is 2. The number of hydrogen-bond acceptors (Lipinski definition) is 2. The van der Waals surface area contributed by atoms with E-state index in [-0.39, 0.29) is 11.5 Å². The van der Waals surface area contributed by atoms with Crippen molar-refractivity contribution < 1.29 is 8.78 Å². The molecule has 0 fully saturated rings. The molecule has 2 aromatic carbocycles. The first-order valence-corrected chi connectivity index (χ1v) is 6.49. The van der Waals surface area contributed by atoms with Crippen LogP contribution < -0.4 is 5.73 Å². The van der Waals surface area contributed by atoms with Gasteiger partial charge in [-0.05, 0) is 29.8 Å². The van der Waals surface area contributed by atoms with Gasteiger partial charge in [0, 0.05) is 16.7 Å². The summed E-state index contributed by atoms with van der Waals surface area (Å²) in [6.45, 7) is 0. The van der Waals surface area contributed by atoms with E-state index in [0.29, 0.717) is 10.6 Å². The molecule has 2 N–H and O–H groups in total. The predicted molar refractivity (Wildman–Crippen MR) is 78.3 cm³/mol. The van der Waals surface area contributed by atoms with E-state index >= 15 is 0 Å². The molecule has 1 heterocycles. The van der Waals surface area contributed by atoms with Gasteiger partial charge in [0.1, 0.15) is 17.3 Å². The van der Waals surface area contributed by atoms with Gasteiger partial charge in [0.25, 0.3) is 0 Å². The summed E-state index contributed by atoms with van der Waals surface area (Å²) in [7, 11) is 0. The first kappa shape index (κ1) is 13.6. The maximum atomic E-state index is 13.8. The van der Waals surface area contributed by atoms with Crippen LogP contribution in [0.1, 0.15) is 0 Å². The molecule has 3 aromatic rings. The van der Waals surface area contributed by atoms with Crippen molar-refractivity contribution in [3.8, 4) is 16.8 Å². The Bertz CT molecular complexity index is 797. The standard InChI is InChI=1S/C15H10ClF2N3/c16-10-3-1-9(2-4-10)12-8-20-21(15(12)19)14-6-5-11(17)7-13(14)18/h1-8H,19H2. The van der Waals surface area contributed by atoms with Crippen molar-refractivity contribution in [2.24, 2.45) is 0 Å². The van der Waals surface area contributed by atoms with Gasteiger partial charge in [-0.1, -0.05) is 23.7 Å². The molecule has 21 heavy (non-hydrogen) atoms. The van der Waals surface area contributed by atoms with Crippen LogP contribution in [0.5, 0.6) is 0 Å². The van der Waals surface area contributed by atoms with Gasteiger partial charge in [-0.25, -0.2) is 13.5 Å². The van der Waals surface area contributed by atoms with Gasteiger partial charge in [0.05, 0.1) is 6.20 Å². The summed E-state index contributed by atoms with van der Waals surface area (Å²) in [6, 6.07) is 10.3.